The molecule has 0 atom stereocenters. The van der Waals surface area contributed by atoms with Crippen LogP contribution in [0.25, 0.3) is 0 Å². The molecule has 96 valence electrons. The number of nitrogens with zero attached hydrogens (tertiary/aromatic N) is 2. The normalized spacial score (nSPS) is 10.7. The zero-order valence-corrected chi connectivity index (χ0v) is 11.3. The van der Waals surface area contributed by atoms with E-state index < -0.39 is 0 Å². The van der Waals surface area contributed by atoms with Gasteiger partial charge in [0.05, 0.1) is 17.1 Å². The number of benzene rings is 1. The van der Waals surface area contributed by atoms with Crippen LogP contribution in [0.15, 0.2) is 18.2 Å². The van der Waals surface area contributed by atoms with Crippen LogP contribution in [0, 0.1) is 19.7 Å². The van der Waals surface area contributed by atoms with Gasteiger partial charge in [-0.15, -0.1) is 0 Å². The van der Waals surface area contributed by atoms with Crippen molar-refractivity contribution in [2.24, 2.45) is 7.05 Å². The molecule has 1 aromatic carbocycles. The molecule has 0 fully saturated rings. The largest absolute Gasteiger partial charge is 0.378 e. The number of hydrogen-bond donors (Lipinski definition) is 1. The fourth-order valence-electron chi connectivity index (χ4n) is 1.88. The van der Waals surface area contributed by atoms with E-state index in [0.29, 0.717) is 11.6 Å². The number of rotatable bonds is 3. The quantitative estimate of drug-likeness (QED) is 0.923. The van der Waals surface area contributed by atoms with Crippen LogP contribution in [-0.4, -0.2) is 9.78 Å². The Labute approximate surface area is 111 Å². The third-order valence-corrected chi connectivity index (χ3v) is 3.33. The van der Waals surface area contributed by atoms with E-state index in [1.165, 1.54) is 12.1 Å². The van der Waals surface area contributed by atoms with E-state index >= 15 is 0 Å². The number of nitrogens with one attached hydrogen (secondary N) is 1. The van der Waals surface area contributed by atoms with Crippen molar-refractivity contribution in [3.63, 3.8) is 0 Å². The maximum Gasteiger partial charge on any atom is 0.124 e. The maximum atomic E-state index is 12.9. The van der Waals surface area contributed by atoms with Gasteiger partial charge in [-0.25, -0.2) is 4.39 Å². The summed E-state index contributed by atoms with van der Waals surface area (Å²) in [6.45, 7) is 4.49. The van der Waals surface area contributed by atoms with Crippen LogP contribution >= 0.6 is 11.6 Å². The summed E-state index contributed by atoms with van der Waals surface area (Å²) in [5.41, 5.74) is 3.86. The lowest BCUT2D eigenvalue weighted by atomic mass is 10.2. The Morgan fingerprint density at radius 2 is 2.11 bits per heavy atom. The molecule has 0 bridgehead atoms. The van der Waals surface area contributed by atoms with Crippen LogP contribution < -0.4 is 5.32 Å². The van der Waals surface area contributed by atoms with Gasteiger partial charge < -0.3 is 5.32 Å². The van der Waals surface area contributed by atoms with Gasteiger partial charge in [-0.1, -0.05) is 17.7 Å². The molecule has 18 heavy (non-hydrogen) atoms. The van der Waals surface area contributed by atoms with Crippen LogP contribution in [0.4, 0.5) is 10.1 Å². The molecule has 0 radical (unpaired) electrons. The van der Waals surface area contributed by atoms with Crippen LogP contribution in [-0.2, 0) is 13.6 Å². The number of halogens is 2. The van der Waals surface area contributed by atoms with Crippen LogP contribution in [0.5, 0.6) is 0 Å². The number of anilines is 1. The molecule has 1 heterocycles. The summed E-state index contributed by atoms with van der Waals surface area (Å²) >= 11 is 5.98. The average molecular weight is 268 g/mol. The van der Waals surface area contributed by atoms with Gasteiger partial charge in [0, 0.05) is 18.6 Å². The fraction of sp³-hybridized carbons (Fsp3) is 0.308. The van der Waals surface area contributed by atoms with Gasteiger partial charge in [-0.05, 0) is 31.5 Å². The molecule has 5 heteroatoms. The number of hydrogen-bond acceptors (Lipinski definition) is 2. The van der Waals surface area contributed by atoms with Gasteiger partial charge in [-0.3, -0.25) is 4.68 Å². The van der Waals surface area contributed by atoms with Crippen LogP contribution in [0.1, 0.15) is 17.0 Å². The predicted octanol–water partition coefficient (Wildman–Crippen LogP) is 3.44. The second-order valence-electron chi connectivity index (χ2n) is 4.26. The average Bonchev–Trinajstić information content (AvgIpc) is 2.53. The highest BCUT2D eigenvalue weighted by molar-refractivity contribution is 6.31. The molecule has 2 rings (SSSR count). The molecule has 1 N–H and O–H groups in total. The molecule has 3 nitrogen and oxygen atoms in total. The van der Waals surface area contributed by atoms with Crippen molar-refractivity contribution in [1.82, 2.24) is 9.78 Å². The van der Waals surface area contributed by atoms with E-state index in [9.17, 15) is 4.39 Å². The summed E-state index contributed by atoms with van der Waals surface area (Å²) in [7, 11) is 1.90. The van der Waals surface area contributed by atoms with E-state index in [1.54, 1.807) is 6.07 Å². The highest BCUT2D eigenvalue weighted by atomic mass is 35.5. The molecule has 0 saturated carbocycles. The Bertz CT molecular complexity index is 578. The van der Waals surface area contributed by atoms with E-state index in [-0.39, 0.29) is 5.82 Å². The molecular weight excluding hydrogens is 253 g/mol. The summed E-state index contributed by atoms with van der Waals surface area (Å²) in [5.74, 6) is -0.322. The molecule has 0 amide bonds. The lowest BCUT2D eigenvalue weighted by Crippen LogP contribution is -2.02. The second-order valence-corrected chi connectivity index (χ2v) is 4.67. The monoisotopic (exact) mass is 267 g/mol. The van der Waals surface area contributed by atoms with E-state index in [4.69, 9.17) is 11.6 Å². The van der Waals surface area contributed by atoms with Crippen LogP contribution in [0.3, 0.4) is 0 Å². The van der Waals surface area contributed by atoms with E-state index in [0.717, 1.165) is 22.6 Å². The number of aryl methyl sites for hydroxylation is 2. The van der Waals surface area contributed by atoms with Gasteiger partial charge in [-0.2, -0.15) is 5.10 Å². The SMILES string of the molecule is Cc1nn(C)c(C)c1NCc1ccc(F)cc1Cl. The standard InChI is InChI=1S/C13H15ClFN3/c1-8-13(9(2)18(3)17-8)16-7-10-4-5-11(15)6-12(10)14/h4-6,16H,7H2,1-3H3. The second kappa shape index (κ2) is 4.98. The summed E-state index contributed by atoms with van der Waals surface area (Å²) in [6.07, 6.45) is 0. The lowest BCUT2D eigenvalue weighted by Gasteiger charge is -2.08. The first-order valence-electron chi connectivity index (χ1n) is 5.67. The summed E-state index contributed by atoms with van der Waals surface area (Å²) in [6, 6.07) is 4.42. The minimum atomic E-state index is -0.322. The molecule has 0 spiro atoms. The molecule has 0 aliphatic rings. The van der Waals surface area contributed by atoms with Gasteiger partial charge in [0.25, 0.3) is 0 Å². The van der Waals surface area contributed by atoms with Gasteiger partial charge in [0.1, 0.15) is 5.82 Å². The smallest absolute Gasteiger partial charge is 0.124 e. The van der Waals surface area contributed by atoms with Crippen molar-refractivity contribution in [1.29, 1.82) is 0 Å². The Balaban J connectivity index is 2.16. The first-order chi connectivity index (χ1) is 8.49. The third kappa shape index (κ3) is 2.48. The highest BCUT2D eigenvalue weighted by Gasteiger charge is 2.09. The Hall–Kier alpha value is -1.55. The molecule has 1 aromatic heterocycles. The molecule has 0 unspecified atom stereocenters. The third-order valence-electron chi connectivity index (χ3n) is 2.98. The summed E-state index contributed by atoms with van der Waals surface area (Å²) in [5, 5.41) is 8.04. The Morgan fingerprint density at radius 1 is 1.39 bits per heavy atom. The van der Waals surface area contributed by atoms with Gasteiger partial charge >= 0.3 is 0 Å². The molecular formula is C13H15ClFN3. The van der Waals surface area contributed by atoms with Crippen LogP contribution in [0.2, 0.25) is 5.02 Å². The topological polar surface area (TPSA) is 29.9 Å². The molecule has 0 aliphatic heterocycles. The minimum absolute atomic E-state index is 0.322. The molecule has 2 aromatic rings. The fourth-order valence-corrected chi connectivity index (χ4v) is 2.11. The Kier molecular flexibility index (Phi) is 3.57. The first kappa shape index (κ1) is 12.9. The van der Waals surface area contributed by atoms with Crippen molar-refractivity contribution in [2.45, 2.75) is 20.4 Å². The zero-order chi connectivity index (χ0) is 13.3. The van der Waals surface area contributed by atoms with Crippen molar-refractivity contribution >= 4 is 17.3 Å². The van der Waals surface area contributed by atoms with Crippen molar-refractivity contribution in [2.75, 3.05) is 5.32 Å². The molecule has 0 saturated heterocycles. The van der Waals surface area contributed by atoms with Crippen molar-refractivity contribution < 1.29 is 4.39 Å². The summed E-state index contributed by atoms with van der Waals surface area (Å²) < 4.78 is 14.7. The lowest BCUT2D eigenvalue weighted by molar-refractivity contribution is 0.627. The minimum Gasteiger partial charge on any atom is -0.378 e. The first-order valence-corrected chi connectivity index (χ1v) is 6.05. The van der Waals surface area contributed by atoms with E-state index in [1.807, 2.05) is 25.6 Å². The zero-order valence-electron chi connectivity index (χ0n) is 10.6. The van der Waals surface area contributed by atoms with Gasteiger partial charge in [0.15, 0.2) is 0 Å². The van der Waals surface area contributed by atoms with Gasteiger partial charge in [0.2, 0.25) is 0 Å². The van der Waals surface area contributed by atoms with E-state index in [2.05, 4.69) is 10.4 Å². The van der Waals surface area contributed by atoms with Crippen molar-refractivity contribution in [3.05, 3.63) is 46.0 Å². The molecule has 0 aliphatic carbocycles. The predicted molar refractivity (Wildman–Crippen MR) is 71.4 cm³/mol. The summed E-state index contributed by atoms with van der Waals surface area (Å²) in [4.78, 5) is 0. The van der Waals surface area contributed by atoms with Crippen molar-refractivity contribution in [3.8, 4) is 0 Å². The number of aromatic nitrogens is 2. The maximum absolute atomic E-state index is 12.9. The Morgan fingerprint density at radius 3 is 2.67 bits per heavy atom. The highest BCUT2D eigenvalue weighted by Crippen LogP contribution is 2.22.